The summed E-state index contributed by atoms with van der Waals surface area (Å²) < 4.78 is 11.3. The van der Waals surface area contributed by atoms with Crippen molar-refractivity contribution < 1.29 is 9.47 Å². The molecular weight excluding hydrogens is 242 g/mol. The molecule has 2 saturated heterocycles. The fraction of sp³-hybridized carbons (Fsp3) is 1.00. The number of hydrogen-bond donors (Lipinski definition) is 1. The third kappa shape index (κ3) is 6.19. The number of nitrogens with zero attached hydrogens (tertiary/aromatic N) is 2. The molecule has 0 aliphatic carbocycles. The van der Waals surface area contributed by atoms with Crippen LogP contribution in [0.4, 0.5) is 0 Å². The molecule has 0 saturated carbocycles. The van der Waals surface area contributed by atoms with Crippen molar-refractivity contribution in [2.75, 3.05) is 66.1 Å². The first kappa shape index (κ1) is 15.2. The molecular formula is C14H29N3O2. The molecule has 1 unspecified atom stereocenters. The Kier molecular flexibility index (Phi) is 7.09. The van der Waals surface area contributed by atoms with Crippen molar-refractivity contribution >= 4 is 0 Å². The van der Waals surface area contributed by atoms with Crippen molar-refractivity contribution in [3.8, 4) is 0 Å². The Morgan fingerprint density at radius 1 is 1.26 bits per heavy atom. The first-order valence-electron chi connectivity index (χ1n) is 7.69. The van der Waals surface area contributed by atoms with Gasteiger partial charge in [-0.1, -0.05) is 0 Å². The molecule has 0 aromatic rings. The van der Waals surface area contributed by atoms with E-state index >= 15 is 0 Å². The van der Waals surface area contributed by atoms with Gasteiger partial charge in [0.2, 0.25) is 0 Å². The van der Waals surface area contributed by atoms with Crippen LogP contribution < -0.4 is 5.32 Å². The summed E-state index contributed by atoms with van der Waals surface area (Å²) in [6, 6.07) is 0. The topological polar surface area (TPSA) is 37.0 Å². The van der Waals surface area contributed by atoms with Gasteiger partial charge in [-0.25, -0.2) is 0 Å². The van der Waals surface area contributed by atoms with Crippen LogP contribution in [0.3, 0.4) is 0 Å². The summed E-state index contributed by atoms with van der Waals surface area (Å²) in [5, 5.41) is 3.38. The molecule has 2 aliphatic heterocycles. The minimum absolute atomic E-state index is 0.0512. The first-order chi connectivity index (χ1) is 9.34. The maximum absolute atomic E-state index is 5.76. The van der Waals surface area contributed by atoms with E-state index in [-0.39, 0.29) is 6.29 Å². The zero-order chi connectivity index (χ0) is 13.3. The van der Waals surface area contributed by atoms with E-state index in [2.05, 4.69) is 22.2 Å². The molecule has 19 heavy (non-hydrogen) atoms. The highest BCUT2D eigenvalue weighted by Gasteiger charge is 2.14. The molecule has 1 N–H and O–H groups in total. The molecule has 0 bridgehead atoms. The van der Waals surface area contributed by atoms with Gasteiger partial charge in [0.05, 0.1) is 6.61 Å². The van der Waals surface area contributed by atoms with Crippen molar-refractivity contribution in [1.82, 2.24) is 15.1 Å². The predicted molar refractivity (Wildman–Crippen MR) is 76.3 cm³/mol. The van der Waals surface area contributed by atoms with Gasteiger partial charge in [0, 0.05) is 52.4 Å². The average Bonchev–Trinajstić information content (AvgIpc) is 2.47. The van der Waals surface area contributed by atoms with Gasteiger partial charge >= 0.3 is 0 Å². The fourth-order valence-corrected chi connectivity index (χ4v) is 2.54. The smallest absolute Gasteiger partial charge is 0.157 e. The summed E-state index contributed by atoms with van der Waals surface area (Å²) >= 11 is 0. The standard InChI is InChI=1S/C14H29N3O2/c1-16(9-10-17-7-5-15-6-8-17)11-13-19-14-4-2-3-12-18-14/h14-15H,2-13H2,1H3. The van der Waals surface area contributed by atoms with Crippen LogP contribution in [0.5, 0.6) is 0 Å². The number of ether oxygens (including phenoxy) is 2. The van der Waals surface area contributed by atoms with Gasteiger partial charge in [-0.15, -0.1) is 0 Å². The van der Waals surface area contributed by atoms with Crippen LogP contribution in [0.2, 0.25) is 0 Å². The molecule has 0 amide bonds. The molecule has 2 aliphatic rings. The third-order valence-electron chi connectivity index (χ3n) is 3.92. The Morgan fingerprint density at radius 3 is 2.84 bits per heavy atom. The molecule has 2 heterocycles. The number of likely N-dealkylation sites (N-methyl/N-ethyl adjacent to an activating group) is 1. The molecule has 5 heteroatoms. The molecule has 5 nitrogen and oxygen atoms in total. The molecule has 0 spiro atoms. The molecule has 0 aromatic heterocycles. The highest BCUT2D eigenvalue weighted by Crippen LogP contribution is 2.13. The summed E-state index contributed by atoms with van der Waals surface area (Å²) in [5.41, 5.74) is 0. The molecule has 0 aromatic carbocycles. The van der Waals surface area contributed by atoms with Crippen molar-refractivity contribution in [3.05, 3.63) is 0 Å². The SMILES string of the molecule is CN(CCOC1CCCCO1)CCN1CCNCC1. The van der Waals surface area contributed by atoms with Crippen LogP contribution in [0.25, 0.3) is 0 Å². The minimum Gasteiger partial charge on any atom is -0.353 e. The quantitative estimate of drug-likeness (QED) is 0.724. The van der Waals surface area contributed by atoms with E-state index in [9.17, 15) is 0 Å². The Bertz CT molecular complexity index is 229. The molecule has 2 rings (SSSR count). The van der Waals surface area contributed by atoms with Gasteiger partial charge in [0.25, 0.3) is 0 Å². The fourth-order valence-electron chi connectivity index (χ4n) is 2.54. The van der Waals surface area contributed by atoms with Gasteiger partial charge in [-0.3, -0.25) is 4.90 Å². The number of piperazine rings is 1. The summed E-state index contributed by atoms with van der Waals surface area (Å²) in [5.74, 6) is 0. The number of rotatable bonds is 7. The Labute approximate surface area is 117 Å². The third-order valence-corrected chi connectivity index (χ3v) is 3.92. The highest BCUT2D eigenvalue weighted by molar-refractivity contribution is 4.68. The van der Waals surface area contributed by atoms with Crippen molar-refractivity contribution in [3.63, 3.8) is 0 Å². The summed E-state index contributed by atoms with van der Waals surface area (Å²) in [7, 11) is 2.17. The molecule has 112 valence electrons. The van der Waals surface area contributed by atoms with Crippen molar-refractivity contribution in [2.45, 2.75) is 25.6 Å². The van der Waals surface area contributed by atoms with E-state index in [4.69, 9.17) is 9.47 Å². The van der Waals surface area contributed by atoms with Crippen LogP contribution in [-0.2, 0) is 9.47 Å². The lowest BCUT2D eigenvalue weighted by Crippen LogP contribution is -2.46. The van der Waals surface area contributed by atoms with Crippen LogP contribution in [0.1, 0.15) is 19.3 Å². The lowest BCUT2D eigenvalue weighted by Gasteiger charge is -2.29. The van der Waals surface area contributed by atoms with Gasteiger partial charge in [-0.2, -0.15) is 0 Å². The van der Waals surface area contributed by atoms with Crippen molar-refractivity contribution in [1.29, 1.82) is 0 Å². The van der Waals surface area contributed by atoms with E-state index in [1.807, 2.05) is 0 Å². The second kappa shape index (κ2) is 8.87. The van der Waals surface area contributed by atoms with Crippen molar-refractivity contribution in [2.24, 2.45) is 0 Å². The predicted octanol–water partition coefficient (Wildman–Crippen LogP) is 0.367. The number of hydrogen-bond acceptors (Lipinski definition) is 5. The van der Waals surface area contributed by atoms with Crippen LogP contribution in [0.15, 0.2) is 0 Å². The van der Waals surface area contributed by atoms with Gasteiger partial charge in [0.1, 0.15) is 0 Å². The largest absolute Gasteiger partial charge is 0.353 e. The van der Waals surface area contributed by atoms with E-state index in [0.717, 1.165) is 52.4 Å². The van der Waals surface area contributed by atoms with E-state index in [1.165, 1.54) is 25.9 Å². The lowest BCUT2D eigenvalue weighted by atomic mass is 10.2. The maximum atomic E-state index is 5.76. The summed E-state index contributed by atoms with van der Waals surface area (Å²) in [6.07, 6.45) is 3.54. The van der Waals surface area contributed by atoms with Crippen LogP contribution in [0, 0.1) is 0 Å². The molecule has 1 atom stereocenters. The summed E-state index contributed by atoms with van der Waals surface area (Å²) in [6.45, 7) is 9.55. The average molecular weight is 271 g/mol. The lowest BCUT2D eigenvalue weighted by molar-refractivity contribution is -0.163. The van der Waals surface area contributed by atoms with E-state index in [0.29, 0.717) is 0 Å². The van der Waals surface area contributed by atoms with Crippen LogP contribution in [-0.4, -0.2) is 82.2 Å². The second-order valence-electron chi connectivity index (χ2n) is 5.56. The Morgan fingerprint density at radius 2 is 2.11 bits per heavy atom. The molecule has 2 fully saturated rings. The first-order valence-corrected chi connectivity index (χ1v) is 7.69. The van der Waals surface area contributed by atoms with Gasteiger partial charge in [0.15, 0.2) is 6.29 Å². The number of nitrogens with one attached hydrogen (secondary N) is 1. The van der Waals surface area contributed by atoms with Crippen LogP contribution >= 0.6 is 0 Å². The molecule has 0 radical (unpaired) electrons. The van der Waals surface area contributed by atoms with Gasteiger partial charge < -0.3 is 19.7 Å². The van der Waals surface area contributed by atoms with Gasteiger partial charge in [-0.05, 0) is 26.3 Å². The maximum Gasteiger partial charge on any atom is 0.157 e. The monoisotopic (exact) mass is 271 g/mol. The summed E-state index contributed by atoms with van der Waals surface area (Å²) in [4.78, 5) is 4.88. The highest BCUT2D eigenvalue weighted by atomic mass is 16.7. The zero-order valence-corrected chi connectivity index (χ0v) is 12.3. The van der Waals surface area contributed by atoms with E-state index < -0.39 is 0 Å². The Balaban J connectivity index is 1.47. The Hall–Kier alpha value is -0.200. The normalized spacial score (nSPS) is 25.9. The zero-order valence-electron chi connectivity index (χ0n) is 12.3. The minimum atomic E-state index is 0.0512. The van der Waals surface area contributed by atoms with E-state index in [1.54, 1.807) is 0 Å². The second-order valence-corrected chi connectivity index (χ2v) is 5.56.